The molecule has 114 valence electrons. The fourth-order valence-corrected chi connectivity index (χ4v) is 2.69. The lowest BCUT2D eigenvalue weighted by Crippen LogP contribution is -2.56. The molecule has 0 aliphatic heterocycles. The fraction of sp³-hybridized carbons (Fsp3) is 0.533. The molecule has 0 aromatic carbocycles. The minimum absolute atomic E-state index is 0.321. The van der Waals surface area contributed by atoms with E-state index in [1.54, 1.807) is 17.3 Å². The number of hydrogen-bond acceptors (Lipinski definition) is 3. The van der Waals surface area contributed by atoms with Gasteiger partial charge in [-0.1, -0.05) is 12.8 Å². The van der Waals surface area contributed by atoms with Crippen LogP contribution in [0.25, 0.3) is 0 Å². The Labute approximate surface area is 124 Å². The molecule has 0 atom stereocenters. The molecular formula is C15H21N3O3. The summed E-state index contributed by atoms with van der Waals surface area (Å²) in [5.74, 6) is -0.937. The zero-order chi connectivity index (χ0) is 15.3. The van der Waals surface area contributed by atoms with Gasteiger partial charge >= 0.3 is 12.0 Å². The number of urea groups is 1. The van der Waals surface area contributed by atoms with Crippen LogP contribution in [0.15, 0.2) is 24.5 Å². The second-order valence-electron chi connectivity index (χ2n) is 5.39. The molecule has 0 unspecified atom stereocenters. The standard InChI is InChI=1S/C15H21N3O3/c1-2-18(11-12-5-9-16-10-6-12)14(21)17-15(13(19)20)7-3-4-8-15/h5-6,9-10H,2-4,7-8,11H2,1H3,(H,17,21)(H,19,20). The predicted octanol–water partition coefficient (Wildman–Crippen LogP) is 2.01. The molecular weight excluding hydrogens is 270 g/mol. The number of aliphatic carboxylic acids is 1. The van der Waals surface area contributed by atoms with Crippen LogP contribution in [0.1, 0.15) is 38.2 Å². The Morgan fingerprint density at radius 2 is 1.95 bits per heavy atom. The number of hydrogen-bond donors (Lipinski definition) is 2. The van der Waals surface area contributed by atoms with Crippen molar-refractivity contribution in [1.82, 2.24) is 15.2 Å². The third kappa shape index (κ3) is 3.51. The molecule has 0 radical (unpaired) electrons. The number of carbonyl (C=O) groups is 2. The van der Waals surface area contributed by atoms with E-state index in [0.717, 1.165) is 18.4 Å². The number of rotatable bonds is 5. The van der Waals surface area contributed by atoms with Crippen molar-refractivity contribution in [1.29, 1.82) is 0 Å². The van der Waals surface area contributed by atoms with E-state index in [2.05, 4.69) is 10.3 Å². The molecule has 1 aliphatic rings. The largest absolute Gasteiger partial charge is 0.480 e. The summed E-state index contributed by atoms with van der Waals surface area (Å²) in [7, 11) is 0. The van der Waals surface area contributed by atoms with E-state index in [1.165, 1.54) is 0 Å². The summed E-state index contributed by atoms with van der Waals surface area (Å²) in [5, 5.41) is 12.2. The van der Waals surface area contributed by atoms with Gasteiger partial charge in [-0.25, -0.2) is 9.59 Å². The lowest BCUT2D eigenvalue weighted by molar-refractivity contribution is -0.144. The first-order valence-corrected chi connectivity index (χ1v) is 7.27. The Hall–Kier alpha value is -2.11. The molecule has 1 aromatic heterocycles. The summed E-state index contributed by atoms with van der Waals surface area (Å²) in [4.78, 5) is 29.4. The predicted molar refractivity (Wildman–Crippen MR) is 77.7 cm³/mol. The van der Waals surface area contributed by atoms with E-state index in [4.69, 9.17) is 0 Å². The summed E-state index contributed by atoms with van der Waals surface area (Å²) in [6.07, 6.45) is 6.03. The molecule has 1 fully saturated rings. The molecule has 0 saturated heterocycles. The molecule has 2 N–H and O–H groups in total. The molecule has 21 heavy (non-hydrogen) atoms. The van der Waals surface area contributed by atoms with Gasteiger partial charge in [-0.15, -0.1) is 0 Å². The monoisotopic (exact) mass is 291 g/mol. The molecule has 6 nitrogen and oxygen atoms in total. The third-order valence-electron chi connectivity index (χ3n) is 4.00. The highest BCUT2D eigenvalue weighted by Crippen LogP contribution is 2.30. The fourth-order valence-electron chi connectivity index (χ4n) is 2.69. The third-order valence-corrected chi connectivity index (χ3v) is 4.00. The molecule has 1 saturated carbocycles. The van der Waals surface area contributed by atoms with Crippen LogP contribution in [0.2, 0.25) is 0 Å². The highest BCUT2D eigenvalue weighted by Gasteiger charge is 2.43. The first-order valence-electron chi connectivity index (χ1n) is 7.27. The number of carboxylic acid groups (broad SMARTS) is 1. The SMILES string of the molecule is CCN(Cc1ccncc1)C(=O)NC1(C(=O)O)CCCC1. The van der Waals surface area contributed by atoms with Crippen LogP contribution in [0.5, 0.6) is 0 Å². The molecule has 2 amide bonds. The highest BCUT2D eigenvalue weighted by atomic mass is 16.4. The van der Waals surface area contributed by atoms with Crippen LogP contribution in [0.4, 0.5) is 4.79 Å². The highest BCUT2D eigenvalue weighted by molar-refractivity contribution is 5.86. The van der Waals surface area contributed by atoms with Gasteiger partial charge in [-0.05, 0) is 37.5 Å². The number of amides is 2. The van der Waals surface area contributed by atoms with Gasteiger partial charge in [0.05, 0.1) is 0 Å². The summed E-state index contributed by atoms with van der Waals surface area (Å²) < 4.78 is 0. The van der Waals surface area contributed by atoms with Crippen molar-refractivity contribution in [2.75, 3.05) is 6.54 Å². The van der Waals surface area contributed by atoms with Crippen LogP contribution in [-0.2, 0) is 11.3 Å². The molecule has 1 heterocycles. The normalized spacial score (nSPS) is 16.4. The Bertz CT molecular complexity index is 498. The van der Waals surface area contributed by atoms with Gasteiger partial charge in [-0.3, -0.25) is 4.98 Å². The summed E-state index contributed by atoms with van der Waals surface area (Å²) in [6, 6.07) is 3.37. The van der Waals surface area contributed by atoms with Crippen molar-refractivity contribution in [3.05, 3.63) is 30.1 Å². The number of pyridine rings is 1. The van der Waals surface area contributed by atoms with E-state index in [0.29, 0.717) is 25.9 Å². The maximum Gasteiger partial charge on any atom is 0.329 e. The maximum atomic E-state index is 12.4. The van der Waals surface area contributed by atoms with Crippen LogP contribution < -0.4 is 5.32 Å². The lowest BCUT2D eigenvalue weighted by Gasteiger charge is -2.30. The van der Waals surface area contributed by atoms with E-state index < -0.39 is 11.5 Å². The summed E-state index contributed by atoms with van der Waals surface area (Å²) in [6.45, 7) is 2.84. The molecule has 1 aliphatic carbocycles. The van der Waals surface area contributed by atoms with Crippen molar-refractivity contribution < 1.29 is 14.7 Å². The summed E-state index contributed by atoms with van der Waals surface area (Å²) in [5.41, 5.74) is -0.124. The van der Waals surface area contributed by atoms with Crippen molar-refractivity contribution in [3.63, 3.8) is 0 Å². The van der Waals surface area contributed by atoms with Crippen LogP contribution in [0, 0.1) is 0 Å². The maximum absolute atomic E-state index is 12.4. The smallest absolute Gasteiger partial charge is 0.329 e. The topological polar surface area (TPSA) is 82.5 Å². The molecule has 0 bridgehead atoms. The minimum atomic E-state index is -1.09. The van der Waals surface area contributed by atoms with Gasteiger partial charge in [0.25, 0.3) is 0 Å². The average Bonchev–Trinajstić information content (AvgIpc) is 2.95. The van der Waals surface area contributed by atoms with Gasteiger partial charge in [0.15, 0.2) is 0 Å². The van der Waals surface area contributed by atoms with E-state index in [-0.39, 0.29) is 6.03 Å². The van der Waals surface area contributed by atoms with Gasteiger partial charge in [0.1, 0.15) is 5.54 Å². The number of carboxylic acids is 1. The Kier molecular flexibility index (Phi) is 4.77. The first kappa shape index (κ1) is 15.3. The zero-order valence-electron chi connectivity index (χ0n) is 12.2. The van der Waals surface area contributed by atoms with Crippen molar-refractivity contribution >= 4 is 12.0 Å². The Morgan fingerprint density at radius 3 is 2.48 bits per heavy atom. The van der Waals surface area contributed by atoms with Crippen molar-refractivity contribution in [2.24, 2.45) is 0 Å². The Balaban J connectivity index is 2.04. The quantitative estimate of drug-likeness (QED) is 0.869. The van der Waals surface area contributed by atoms with Crippen LogP contribution in [0.3, 0.4) is 0 Å². The lowest BCUT2D eigenvalue weighted by atomic mass is 9.98. The molecule has 1 aromatic rings. The van der Waals surface area contributed by atoms with Gasteiger partial charge in [0, 0.05) is 25.5 Å². The Morgan fingerprint density at radius 1 is 1.33 bits per heavy atom. The summed E-state index contributed by atoms with van der Waals surface area (Å²) >= 11 is 0. The minimum Gasteiger partial charge on any atom is -0.480 e. The van der Waals surface area contributed by atoms with Gasteiger partial charge in [0.2, 0.25) is 0 Å². The average molecular weight is 291 g/mol. The van der Waals surface area contributed by atoms with E-state index in [1.807, 2.05) is 19.1 Å². The van der Waals surface area contributed by atoms with Gasteiger partial charge in [-0.2, -0.15) is 0 Å². The number of nitrogens with zero attached hydrogens (tertiary/aromatic N) is 2. The number of aromatic nitrogens is 1. The van der Waals surface area contributed by atoms with E-state index in [9.17, 15) is 14.7 Å². The molecule has 0 spiro atoms. The van der Waals surface area contributed by atoms with Crippen molar-refractivity contribution in [3.8, 4) is 0 Å². The molecule has 6 heteroatoms. The van der Waals surface area contributed by atoms with Crippen LogP contribution >= 0.6 is 0 Å². The van der Waals surface area contributed by atoms with Gasteiger partial charge < -0.3 is 15.3 Å². The zero-order valence-corrected chi connectivity index (χ0v) is 12.2. The number of carbonyl (C=O) groups excluding carboxylic acids is 1. The van der Waals surface area contributed by atoms with Crippen molar-refractivity contribution in [2.45, 2.75) is 44.7 Å². The second-order valence-corrected chi connectivity index (χ2v) is 5.39. The second kappa shape index (κ2) is 6.56. The number of nitrogens with one attached hydrogen (secondary N) is 1. The first-order chi connectivity index (χ1) is 10.1. The van der Waals surface area contributed by atoms with Crippen LogP contribution in [-0.4, -0.2) is 39.1 Å². The van der Waals surface area contributed by atoms with E-state index >= 15 is 0 Å². The molecule has 2 rings (SSSR count).